The number of halogens is 1. The number of carbonyl (C=O) groups is 2. The largest absolute Gasteiger partial charge is 0.479 e. The lowest BCUT2D eigenvalue weighted by atomic mass is 9.99. The van der Waals surface area contributed by atoms with E-state index in [0.717, 1.165) is 15.9 Å². The van der Waals surface area contributed by atoms with Gasteiger partial charge in [0.05, 0.1) is 5.69 Å². The minimum Gasteiger partial charge on any atom is -0.479 e. The Labute approximate surface area is 145 Å². The first-order valence-corrected chi connectivity index (χ1v) is 8.90. The number of carboxylic acids is 1. The SMILES string of the molecule is O=C(NC1(C(=O)O)CCSC1)c1ccn(-c2cccc(Br)c2)n1. The standard InChI is InChI=1S/C15H14BrN3O3S/c16-10-2-1-3-11(8-10)19-6-4-12(18-19)13(20)17-15(14(21)22)5-7-23-9-15/h1-4,6,8H,5,7,9H2,(H,17,20)(H,21,22). The summed E-state index contributed by atoms with van der Waals surface area (Å²) in [5.41, 5.74) is -0.188. The Kier molecular flexibility index (Phi) is 4.45. The number of amides is 1. The molecule has 8 heteroatoms. The van der Waals surface area contributed by atoms with Gasteiger partial charge < -0.3 is 10.4 Å². The summed E-state index contributed by atoms with van der Waals surface area (Å²) in [5, 5.41) is 16.3. The number of carboxylic acid groups (broad SMARTS) is 1. The molecule has 1 fully saturated rings. The lowest BCUT2D eigenvalue weighted by molar-refractivity contribution is -0.143. The van der Waals surface area contributed by atoms with Crippen molar-refractivity contribution < 1.29 is 14.7 Å². The molecule has 1 aromatic carbocycles. The second kappa shape index (κ2) is 6.37. The molecule has 3 rings (SSSR count). The fourth-order valence-corrected chi connectivity index (χ4v) is 4.09. The van der Waals surface area contributed by atoms with E-state index in [2.05, 4.69) is 26.3 Å². The Balaban J connectivity index is 1.80. The maximum atomic E-state index is 12.4. The van der Waals surface area contributed by atoms with Crippen LogP contribution in [-0.2, 0) is 4.79 Å². The second-order valence-corrected chi connectivity index (χ2v) is 7.29. The van der Waals surface area contributed by atoms with Gasteiger partial charge >= 0.3 is 5.97 Å². The van der Waals surface area contributed by atoms with Crippen molar-refractivity contribution >= 4 is 39.6 Å². The van der Waals surface area contributed by atoms with Gasteiger partial charge in [0.15, 0.2) is 5.69 Å². The fraction of sp³-hybridized carbons (Fsp3) is 0.267. The van der Waals surface area contributed by atoms with Gasteiger partial charge in [-0.2, -0.15) is 16.9 Å². The van der Waals surface area contributed by atoms with E-state index >= 15 is 0 Å². The van der Waals surface area contributed by atoms with Gasteiger partial charge in [-0.3, -0.25) is 4.79 Å². The Hall–Kier alpha value is -1.80. The van der Waals surface area contributed by atoms with Crippen molar-refractivity contribution in [3.8, 4) is 5.69 Å². The summed E-state index contributed by atoms with van der Waals surface area (Å²) in [5.74, 6) is -0.370. The molecule has 0 aliphatic carbocycles. The highest BCUT2D eigenvalue weighted by Crippen LogP contribution is 2.28. The zero-order chi connectivity index (χ0) is 16.4. The second-order valence-electron chi connectivity index (χ2n) is 5.27. The van der Waals surface area contributed by atoms with Gasteiger partial charge in [0.25, 0.3) is 5.91 Å². The number of hydrogen-bond donors (Lipinski definition) is 2. The van der Waals surface area contributed by atoms with Crippen molar-refractivity contribution in [2.45, 2.75) is 12.0 Å². The van der Waals surface area contributed by atoms with Crippen LogP contribution in [-0.4, -0.2) is 43.8 Å². The number of aromatic nitrogens is 2. The van der Waals surface area contributed by atoms with Gasteiger partial charge in [-0.05, 0) is 36.4 Å². The van der Waals surface area contributed by atoms with Gasteiger partial charge in [-0.15, -0.1) is 0 Å². The van der Waals surface area contributed by atoms with Crippen molar-refractivity contribution in [2.75, 3.05) is 11.5 Å². The van der Waals surface area contributed by atoms with Crippen molar-refractivity contribution in [3.63, 3.8) is 0 Å². The van der Waals surface area contributed by atoms with E-state index in [1.54, 1.807) is 16.9 Å². The highest BCUT2D eigenvalue weighted by molar-refractivity contribution is 9.10. The predicted molar refractivity (Wildman–Crippen MR) is 91.0 cm³/mol. The van der Waals surface area contributed by atoms with Gasteiger partial charge in [0.1, 0.15) is 5.54 Å². The monoisotopic (exact) mass is 395 g/mol. The molecule has 0 spiro atoms. The minimum absolute atomic E-state index is 0.197. The zero-order valence-electron chi connectivity index (χ0n) is 12.0. The van der Waals surface area contributed by atoms with Gasteiger partial charge in [0, 0.05) is 16.4 Å². The molecule has 1 aromatic heterocycles. The van der Waals surface area contributed by atoms with Crippen molar-refractivity contribution in [1.29, 1.82) is 0 Å². The topological polar surface area (TPSA) is 84.2 Å². The number of hydrogen-bond acceptors (Lipinski definition) is 4. The maximum Gasteiger partial charge on any atom is 0.330 e. The summed E-state index contributed by atoms with van der Waals surface area (Å²) >= 11 is 4.91. The van der Waals surface area contributed by atoms with Crippen molar-refractivity contribution in [2.24, 2.45) is 0 Å². The van der Waals surface area contributed by atoms with Crippen LogP contribution in [0.5, 0.6) is 0 Å². The summed E-state index contributed by atoms with van der Waals surface area (Å²) in [6, 6.07) is 9.09. The first-order chi connectivity index (χ1) is 11.0. The molecule has 1 atom stereocenters. The number of carbonyl (C=O) groups excluding carboxylic acids is 1. The average Bonchev–Trinajstić information content (AvgIpc) is 3.17. The molecular formula is C15H14BrN3O3S. The van der Waals surface area contributed by atoms with Crippen LogP contribution in [0, 0.1) is 0 Å². The third-order valence-corrected chi connectivity index (χ3v) is 5.36. The van der Waals surface area contributed by atoms with Crippen LogP contribution >= 0.6 is 27.7 Å². The third-order valence-electron chi connectivity index (χ3n) is 3.68. The quantitative estimate of drug-likeness (QED) is 0.829. The normalized spacial score (nSPS) is 20.4. The Morgan fingerprint density at radius 2 is 2.22 bits per heavy atom. The molecule has 1 saturated heterocycles. The number of nitrogens with zero attached hydrogens (tertiary/aromatic N) is 2. The number of thioether (sulfide) groups is 1. The predicted octanol–water partition coefficient (Wildman–Crippen LogP) is 2.32. The van der Waals surface area contributed by atoms with Crippen LogP contribution in [0.4, 0.5) is 0 Å². The van der Waals surface area contributed by atoms with Crippen LogP contribution in [0.15, 0.2) is 41.0 Å². The molecule has 0 saturated carbocycles. The van der Waals surface area contributed by atoms with E-state index in [1.165, 1.54) is 11.8 Å². The molecule has 0 bridgehead atoms. The van der Waals surface area contributed by atoms with Crippen LogP contribution in [0.1, 0.15) is 16.9 Å². The summed E-state index contributed by atoms with van der Waals surface area (Å²) in [7, 11) is 0. The smallest absolute Gasteiger partial charge is 0.330 e. The average molecular weight is 396 g/mol. The van der Waals surface area contributed by atoms with E-state index in [1.807, 2.05) is 24.3 Å². The van der Waals surface area contributed by atoms with E-state index < -0.39 is 17.4 Å². The molecule has 2 N–H and O–H groups in total. The fourth-order valence-electron chi connectivity index (χ4n) is 2.37. The number of rotatable bonds is 4. The van der Waals surface area contributed by atoms with E-state index in [0.29, 0.717) is 12.2 Å². The first-order valence-electron chi connectivity index (χ1n) is 6.95. The summed E-state index contributed by atoms with van der Waals surface area (Å²) in [6.45, 7) is 0. The molecule has 1 aliphatic heterocycles. The lowest BCUT2D eigenvalue weighted by Crippen LogP contribution is -2.54. The lowest BCUT2D eigenvalue weighted by Gasteiger charge is -2.23. The van der Waals surface area contributed by atoms with E-state index in [4.69, 9.17) is 0 Å². The number of benzene rings is 1. The van der Waals surface area contributed by atoms with E-state index in [-0.39, 0.29) is 5.69 Å². The van der Waals surface area contributed by atoms with Crippen LogP contribution in [0.3, 0.4) is 0 Å². The molecule has 1 aliphatic rings. The molecule has 6 nitrogen and oxygen atoms in total. The number of aliphatic carboxylic acids is 1. The summed E-state index contributed by atoms with van der Waals surface area (Å²) in [6.07, 6.45) is 2.10. The highest BCUT2D eigenvalue weighted by atomic mass is 79.9. The van der Waals surface area contributed by atoms with E-state index in [9.17, 15) is 14.7 Å². The molecule has 2 heterocycles. The molecule has 1 amide bonds. The number of nitrogens with one attached hydrogen (secondary N) is 1. The van der Waals surface area contributed by atoms with Crippen molar-refractivity contribution in [1.82, 2.24) is 15.1 Å². The van der Waals surface area contributed by atoms with Crippen LogP contribution in [0.25, 0.3) is 5.69 Å². The molecule has 0 radical (unpaired) electrons. The third kappa shape index (κ3) is 3.28. The van der Waals surface area contributed by atoms with Gasteiger partial charge in [0.2, 0.25) is 0 Å². The Morgan fingerprint density at radius 3 is 2.87 bits per heavy atom. The summed E-state index contributed by atoms with van der Waals surface area (Å²) < 4.78 is 2.49. The molecular weight excluding hydrogens is 382 g/mol. The minimum atomic E-state index is -1.19. The van der Waals surface area contributed by atoms with Gasteiger partial charge in [-0.1, -0.05) is 22.0 Å². The molecule has 120 valence electrons. The molecule has 2 aromatic rings. The Bertz CT molecular complexity index is 756. The van der Waals surface area contributed by atoms with Crippen molar-refractivity contribution in [3.05, 3.63) is 46.7 Å². The zero-order valence-corrected chi connectivity index (χ0v) is 14.4. The first kappa shape index (κ1) is 16.1. The van der Waals surface area contributed by atoms with Gasteiger partial charge in [-0.25, -0.2) is 9.48 Å². The van der Waals surface area contributed by atoms with Crippen LogP contribution < -0.4 is 5.32 Å². The molecule has 23 heavy (non-hydrogen) atoms. The highest BCUT2D eigenvalue weighted by Gasteiger charge is 2.43. The molecule has 1 unspecified atom stereocenters. The van der Waals surface area contributed by atoms with Crippen LogP contribution in [0.2, 0.25) is 0 Å². The maximum absolute atomic E-state index is 12.4. The summed E-state index contributed by atoms with van der Waals surface area (Å²) in [4.78, 5) is 23.8. The Morgan fingerprint density at radius 1 is 1.39 bits per heavy atom.